The topological polar surface area (TPSA) is 90.2 Å². The molecule has 0 saturated heterocycles. The summed E-state index contributed by atoms with van der Waals surface area (Å²) in [5, 5.41) is 14.7. The number of fused-ring (bicyclic) bond motifs is 1. The van der Waals surface area contributed by atoms with Gasteiger partial charge in [-0.2, -0.15) is 0 Å². The third kappa shape index (κ3) is 4.04. The number of non-ortho nitro benzene ring substituents is 1. The Hall–Kier alpha value is -3.59. The number of pyridine rings is 1. The lowest BCUT2D eigenvalue weighted by atomic mass is 10.2. The number of nitro groups is 1. The van der Waals surface area contributed by atoms with Crippen LogP contribution in [-0.2, 0) is 6.54 Å². The van der Waals surface area contributed by atoms with E-state index >= 15 is 0 Å². The molecule has 0 fully saturated rings. The van der Waals surface area contributed by atoms with Crippen LogP contribution < -0.4 is 10.1 Å². The number of nitrogens with zero attached hydrogens (tertiary/aromatic N) is 3. The summed E-state index contributed by atoms with van der Waals surface area (Å²) in [5.41, 5.74) is 1.66. The van der Waals surface area contributed by atoms with Crippen molar-refractivity contribution in [1.82, 2.24) is 9.97 Å². The van der Waals surface area contributed by atoms with Gasteiger partial charge in [-0.15, -0.1) is 0 Å². The molecule has 4 aromatic rings. The number of thiazole rings is 1. The summed E-state index contributed by atoms with van der Waals surface area (Å²) in [7, 11) is 0. The van der Waals surface area contributed by atoms with E-state index < -0.39 is 4.92 Å². The van der Waals surface area contributed by atoms with Gasteiger partial charge in [0.1, 0.15) is 11.6 Å². The van der Waals surface area contributed by atoms with Gasteiger partial charge in [0, 0.05) is 30.9 Å². The molecule has 2 heterocycles. The van der Waals surface area contributed by atoms with Crippen molar-refractivity contribution in [1.29, 1.82) is 0 Å². The van der Waals surface area contributed by atoms with Crippen molar-refractivity contribution in [2.45, 2.75) is 6.54 Å². The second kappa shape index (κ2) is 7.57. The fourth-order valence-electron chi connectivity index (χ4n) is 2.52. The van der Waals surface area contributed by atoms with Crippen LogP contribution in [0, 0.1) is 15.9 Å². The van der Waals surface area contributed by atoms with Gasteiger partial charge in [-0.25, -0.2) is 14.4 Å². The highest BCUT2D eigenvalue weighted by molar-refractivity contribution is 7.22. The SMILES string of the molecule is O=[N+]([O-])c1ccc2nc(NCc3ccnc(Oc4ccc(F)cc4)c3)sc2c1. The molecule has 0 unspecified atom stereocenters. The second-order valence-electron chi connectivity index (χ2n) is 5.84. The number of hydrogen-bond acceptors (Lipinski definition) is 7. The van der Waals surface area contributed by atoms with Gasteiger partial charge >= 0.3 is 0 Å². The van der Waals surface area contributed by atoms with E-state index in [1.54, 1.807) is 18.3 Å². The smallest absolute Gasteiger partial charge is 0.270 e. The first-order chi connectivity index (χ1) is 13.6. The van der Waals surface area contributed by atoms with Crippen molar-refractivity contribution in [3.05, 3.63) is 82.3 Å². The lowest BCUT2D eigenvalue weighted by molar-refractivity contribution is -0.384. The van der Waals surface area contributed by atoms with Crippen LogP contribution in [0.5, 0.6) is 11.6 Å². The molecule has 9 heteroatoms. The molecular weight excluding hydrogens is 383 g/mol. The molecule has 1 N–H and O–H groups in total. The number of aromatic nitrogens is 2. The summed E-state index contributed by atoms with van der Waals surface area (Å²) in [6.07, 6.45) is 1.62. The highest BCUT2D eigenvalue weighted by Crippen LogP contribution is 2.29. The van der Waals surface area contributed by atoms with Crippen LogP contribution in [0.2, 0.25) is 0 Å². The molecule has 0 bridgehead atoms. The minimum atomic E-state index is -0.425. The van der Waals surface area contributed by atoms with Crippen molar-refractivity contribution < 1.29 is 14.1 Å². The standard InChI is InChI=1S/C19H13FN4O3S/c20-13-1-4-15(5-2-13)27-18-9-12(7-8-21-18)11-22-19-23-16-6-3-14(24(25)26)10-17(16)28-19/h1-10H,11H2,(H,22,23). The zero-order valence-electron chi connectivity index (χ0n) is 14.3. The van der Waals surface area contributed by atoms with Crippen LogP contribution in [0.4, 0.5) is 15.2 Å². The van der Waals surface area contributed by atoms with Gasteiger partial charge in [-0.05, 0) is 42.0 Å². The van der Waals surface area contributed by atoms with Crippen LogP contribution in [0.3, 0.4) is 0 Å². The molecule has 2 aromatic heterocycles. The largest absolute Gasteiger partial charge is 0.439 e. The molecule has 7 nitrogen and oxygen atoms in total. The number of anilines is 1. The van der Waals surface area contributed by atoms with E-state index in [0.29, 0.717) is 28.8 Å². The highest BCUT2D eigenvalue weighted by Gasteiger charge is 2.10. The number of halogens is 1. The van der Waals surface area contributed by atoms with Crippen LogP contribution in [0.15, 0.2) is 60.8 Å². The van der Waals surface area contributed by atoms with Crippen molar-refractivity contribution >= 4 is 32.4 Å². The first-order valence-corrected chi connectivity index (χ1v) is 9.06. The third-order valence-electron chi connectivity index (χ3n) is 3.86. The first kappa shape index (κ1) is 17.8. The minimum absolute atomic E-state index is 0.0411. The average molecular weight is 396 g/mol. The van der Waals surface area contributed by atoms with Crippen LogP contribution >= 0.6 is 11.3 Å². The summed E-state index contributed by atoms with van der Waals surface area (Å²) in [6, 6.07) is 13.9. The minimum Gasteiger partial charge on any atom is -0.439 e. The number of ether oxygens (including phenoxy) is 1. The molecule has 4 rings (SSSR count). The molecule has 0 amide bonds. The van der Waals surface area contributed by atoms with Crippen LogP contribution in [-0.4, -0.2) is 14.9 Å². The first-order valence-electron chi connectivity index (χ1n) is 8.24. The zero-order chi connectivity index (χ0) is 19.5. The Balaban J connectivity index is 1.45. The van der Waals surface area contributed by atoms with E-state index in [0.717, 1.165) is 10.3 Å². The average Bonchev–Trinajstić information content (AvgIpc) is 3.10. The molecule has 0 aliphatic carbocycles. The van der Waals surface area contributed by atoms with Crippen molar-refractivity contribution in [3.63, 3.8) is 0 Å². The molecule has 28 heavy (non-hydrogen) atoms. The third-order valence-corrected chi connectivity index (χ3v) is 4.84. The number of nitrogens with one attached hydrogen (secondary N) is 1. The Bertz CT molecular complexity index is 1150. The Morgan fingerprint density at radius 1 is 1.14 bits per heavy atom. The van der Waals surface area contributed by atoms with Crippen LogP contribution in [0.25, 0.3) is 10.2 Å². The summed E-state index contributed by atoms with van der Waals surface area (Å²) in [6.45, 7) is 0.476. The van der Waals surface area contributed by atoms with E-state index in [1.807, 2.05) is 6.07 Å². The van der Waals surface area contributed by atoms with Gasteiger partial charge in [-0.3, -0.25) is 10.1 Å². The van der Waals surface area contributed by atoms with Crippen molar-refractivity contribution in [2.75, 3.05) is 5.32 Å². The van der Waals surface area contributed by atoms with Gasteiger partial charge in [0.05, 0.1) is 15.1 Å². The van der Waals surface area contributed by atoms with Crippen molar-refractivity contribution in [2.24, 2.45) is 0 Å². The monoisotopic (exact) mass is 396 g/mol. The Kier molecular flexibility index (Phi) is 4.81. The number of rotatable bonds is 6. The highest BCUT2D eigenvalue weighted by atomic mass is 32.1. The Morgan fingerprint density at radius 3 is 2.75 bits per heavy atom. The van der Waals surface area contributed by atoms with E-state index in [4.69, 9.17) is 4.74 Å². The van der Waals surface area contributed by atoms with Crippen LogP contribution in [0.1, 0.15) is 5.56 Å². The van der Waals surface area contributed by atoms with E-state index in [1.165, 1.54) is 47.7 Å². The van der Waals surface area contributed by atoms with Crippen molar-refractivity contribution in [3.8, 4) is 11.6 Å². The van der Waals surface area contributed by atoms with E-state index in [-0.39, 0.29) is 11.5 Å². The molecular formula is C19H13FN4O3S. The number of benzene rings is 2. The summed E-state index contributed by atoms with van der Waals surface area (Å²) >= 11 is 1.35. The van der Waals surface area contributed by atoms with E-state index in [9.17, 15) is 14.5 Å². The van der Waals surface area contributed by atoms with Gasteiger partial charge in [0.15, 0.2) is 5.13 Å². The van der Waals surface area contributed by atoms with Gasteiger partial charge in [0.2, 0.25) is 5.88 Å². The number of nitro benzene ring substituents is 1. The van der Waals surface area contributed by atoms with Gasteiger partial charge in [-0.1, -0.05) is 11.3 Å². The molecule has 2 aromatic carbocycles. The molecule has 0 radical (unpaired) electrons. The lowest BCUT2D eigenvalue weighted by Crippen LogP contribution is -1.99. The van der Waals surface area contributed by atoms with Gasteiger partial charge in [0.25, 0.3) is 5.69 Å². The number of hydrogen-bond donors (Lipinski definition) is 1. The maximum atomic E-state index is 13.0. The summed E-state index contributed by atoms with van der Waals surface area (Å²) < 4.78 is 19.3. The lowest BCUT2D eigenvalue weighted by Gasteiger charge is -2.07. The zero-order valence-corrected chi connectivity index (χ0v) is 15.1. The molecule has 0 atom stereocenters. The molecule has 140 valence electrons. The molecule has 0 aliphatic rings. The quantitative estimate of drug-likeness (QED) is 0.358. The fraction of sp³-hybridized carbons (Fsp3) is 0.0526. The summed E-state index contributed by atoms with van der Waals surface area (Å²) in [4.78, 5) is 19.0. The maximum Gasteiger partial charge on any atom is 0.270 e. The Morgan fingerprint density at radius 2 is 1.96 bits per heavy atom. The maximum absolute atomic E-state index is 13.0. The normalized spacial score (nSPS) is 10.8. The summed E-state index contributed by atoms with van der Waals surface area (Å²) in [5.74, 6) is 0.553. The second-order valence-corrected chi connectivity index (χ2v) is 6.87. The molecule has 0 aliphatic heterocycles. The fourth-order valence-corrected chi connectivity index (χ4v) is 3.41. The predicted octanol–water partition coefficient (Wildman–Crippen LogP) is 5.14. The van der Waals surface area contributed by atoms with Gasteiger partial charge < -0.3 is 10.1 Å². The molecule has 0 spiro atoms. The molecule has 0 saturated carbocycles. The predicted molar refractivity (Wildman–Crippen MR) is 104 cm³/mol. The Labute approximate surface area is 162 Å². The van der Waals surface area contributed by atoms with E-state index in [2.05, 4.69) is 15.3 Å².